The van der Waals surface area contributed by atoms with Gasteiger partial charge in [0, 0.05) is 63.0 Å². The van der Waals surface area contributed by atoms with E-state index in [1.165, 1.54) is 18.5 Å². The van der Waals surface area contributed by atoms with Crippen molar-refractivity contribution in [3.05, 3.63) is 42.2 Å². The van der Waals surface area contributed by atoms with Crippen LogP contribution in [0.15, 0.2) is 36.7 Å². The lowest BCUT2D eigenvalue weighted by Gasteiger charge is -2.34. The maximum atomic E-state index is 12.6. The third-order valence-corrected chi connectivity index (χ3v) is 5.78. The van der Waals surface area contributed by atoms with E-state index < -0.39 is 0 Å². The van der Waals surface area contributed by atoms with Gasteiger partial charge in [0.2, 0.25) is 5.95 Å². The number of likely N-dealkylation sites (tertiary alicyclic amines) is 1. The van der Waals surface area contributed by atoms with Crippen LogP contribution in [0.3, 0.4) is 0 Å². The van der Waals surface area contributed by atoms with Crippen LogP contribution in [0.25, 0.3) is 0 Å². The fourth-order valence-corrected chi connectivity index (χ4v) is 3.91. The number of nitrogens with one attached hydrogen (secondary N) is 1. The van der Waals surface area contributed by atoms with Gasteiger partial charge < -0.3 is 20.0 Å². The van der Waals surface area contributed by atoms with Crippen molar-refractivity contribution >= 4 is 23.2 Å². The van der Waals surface area contributed by atoms with E-state index >= 15 is 0 Å². The Labute approximate surface area is 172 Å². The van der Waals surface area contributed by atoms with Gasteiger partial charge in [0.25, 0.3) is 5.91 Å². The molecular formula is C22H30N6O. The van der Waals surface area contributed by atoms with Crippen molar-refractivity contribution in [2.75, 3.05) is 56.5 Å². The second-order valence-electron chi connectivity index (χ2n) is 7.96. The lowest BCUT2D eigenvalue weighted by atomic mass is 10.2. The number of likely N-dealkylation sites (N-methyl/N-ethyl adjacent to an activating group) is 1. The Hall–Kier alpha value is -2.67. The normalized spacial score (nSPS) is 18.4. The molecule has 1 N–H and O–H groups in total. The largest absolute Gasteiger partial charge is 0.369 e. The van der Waals surface area contributed by atoms with Crippen LogP contribution in [0.5, 0.6) is 0 Å². The molecule has 7 heteroatoms. The number of nitrogens with zero attached hydrogens (tertiary/aromatic N) is 5. The highest BCUT2D eigenvalue weighted by Gasteiger charge is 2.18. The zero-order valence-electron chi connectivity index (χ0n) is 17.2. The summed E-state index contributed by atoms with van der Waals surface area (Å²) in [6.45, 7) is 5.96. The molecule has 29 heavy (non-hydrogen) atoms. The molecule has 0 bridgehead atoms. The molecule has 0 unspecified atom stereocenters. The first kappa shape index (κ1) is 19.6. The SMILES string of the molecule is CN1CCN(c2ccc(Nc3ncc(C(=O)N4CCCCCC4)cn3)cc2)CC1. The van der Waals surface area contributed by atoms with Crippen LogP contribution in [0.4, 0.5) is 17.3 Å². The maximum absolute atomic E-state index is 12.6. The number of piperazine rings is 1. The van der Waals surface area contributed by atoms with Crippen molar-refractivity contribution in [3.8, 4) is 0 Å². The van der Waals surface area contributed by atoms with Crippen molar-refractivity contribution in [1.29, 1.82) is 0 Å². The van der Waals surface area contributed by atoms with E-state index in [2.05, 4.69) is 44.3 Å². The fourth-order valence-electron chi connectivity index (χ4n) is 3.91. The Morgan fingerprint density at radius 1 is 0.862 bits per heavy atom. The minimum absolute atomic E-state index is 0.0370. The Kier molecular flexibility index (Phi) is 6.24. The molecule has 0 radical (unpaired) electrons. The second kappa shape index (κ2) is 9.22. The number of hydrogen-bond donors (Lipinski definition) is 1. The summed E-state index contributed by atoms with van der Waals surface area (Å²) in [5.74, 6) is 0.541. The Balaban J connectivity index is 1.35. The number of rotatable bonds is 4. The molecule has 4 rings (SSSR count). The van der Waals surface area contributed by atoms with Crippen LogP contribution in [0.2, 0.25) is 0 Å². The summed E-state index contributed by atoms with van der Waals surface area (Å²) >= 11 is 0. The van der Waals surface area contributed by atoms with Gasteiger partial charge in [-0.05, 0) is 44.2 Å². The van der Waals surface area contributed by atoms with Gasteiger partial charge in [0.05, 0.1) is 5.56 Å². The van der Waals surface area contributed by atoms with Crippen molar-refractivity contribution in [1.82, 2.24) is 19.8 Å². The van der Waals surface area contributed by atoms with Gasteiger partial charge in [-0.1, -0.05) is 12.8 Å². The molecule has 2 aliphatic heterocycles. The molecule has 154 valence electrons. The van der Waals surface area contributed by atoms with E-state index in [0.717, 1.165) is 57.8 Å². The first-order valence-electron chi connectivity index (χ1n) is 10.6. The summed E-state index contributed by atoms with van der Waals surface area (Å²) in [6.07, 6.45) is 7.82. The molecular weight excluding hydrogens is 364 g/mol. The third-order valence-electron chi connectivity index (χ3n) is 5.78. The highest BCUT2D eigenvalue weighted by molar-refractivity contribution is 5.93. The molecule has 1 aromatic carbocycles. The van der Waals surface area contributed by atoms with Gasteiger partial charge in [-0.2, -0.15) is 0 Å². The summed E-state index contributed by atoms with van der Waals surface area (Å²) in [5, 5.41) is 3.22. The molecule has 3 heterocycles. The number of anilines is 3. The van der Waals surface area contributed by atoms with Crippen LogP contribution in [-0.2, 0) is 0 Å². The maximum Gasteiger partial charge on any atom is 0.256 e. The molecule has 2 fully saturated rings. The Bertz CT molecular complexity index is 791. The molecule has 0 aliphatic carbocycles. The summed E-state index contributed by atoms with van der Waals surface area (Å²) in [5.41, 5.74) is 2.74. The van der Waals surface area contributed by atoms with Gasteiger partial charge in [0.15, 0.2) is 0 Å². The molecule has 2 saturated heterocycles. The molecule has 7 nitrogen and oxygen atoms in total. The Morgan fingerprint density at radius 3 is 2.10 bits per heavy atom. The van der Waals surface area contributed by atoms with Gasteiger partial charge in [-0.25, -0.2) is 9.97 Å². The summed E-state index contributed by atoms with van der Waals surface area (Å²) in [6, 6.07) is 8.36. The molecule has 2 aromatic rings. The molecule has 0 atom stereocenters. The molecule has 0 spiro atoms. The molecule has 0 saturated carbocycles. The van der Waals surface area contributed by atoms with Crippen molar-refractivity contribution < 1.29 is 4.79 Å². The first-order valence-corrected chi connectivity index (χ1v) is 10.6. The topological polar surface area (TPSA) is 64.6 Å². The molecule has 2 aliphatic rings. The summed E-state index contributed by atoms with van der Waals surface area (Å²) in [7, 11) is 2.16. The van der Waals surface area contributed by atoms with Crippen LogP contribution >= 0.6 is 0 Å². The van der Waals surface area contributed by atoms with Gasteiger partial charge >= 0.3 is 0 Å². The standard InChI is InChI=1S/C22H30N6O/c1-26-12-14-27(15-13-26)20-8-6-19(7-9-20)25-22-23-16-18(17-24-22)21(29)28-10-4-2-3-5-11-28/h6-9,16-17H,2-5,10-15H2,1H3,(H,23,24,25). The van der Waals surface area contributed by atoms with E-state index in [0.29, 0.717) is 11.5 Å². The zero-order chi connectivity index (χ0) is 20.1. The number of benzene rings is 1. The molecule has 1 amide bonds. The summed E-state index contributed by atoms with van der Waals surface area (Å²) < 4.78 is 0. The fraction of sp³-hybridized carbons (Fsp3) is 0.500. The number of carbonyl (C=O) groups is 1. The highest BCUT2D eigenvalue weighted by atomic mass is 16.2. The van der Waals surface area contributed by atoms with Gasteiger partial charge in [0.1, 0.15) is 0 Å². The predicted octanol–water partition coefficient (Wildman–Crippen LogP) is 2.99. The molecule has 1 aromatic heterocycles. The minimum atomic E-state index is 0.0370. The zero-order valence-corrected chi connectivity index (χ0v) is 17.2. The van der Waals surface area contributed by atoms with Crippen molar-refractivity contribution in [2.45, 2.75) is 25.7 Å². The third kappa shape index (κ3) is 5.03. The van der Waals surface area contributed by atoms with Crippen LogP contribution in [-0.4, -0.2) is 72.0 Å². The Morgan fingerprint density at radius 2 is 1.48 bits per heavy atom. The number of hydrogen-bond acceptors (Lipinski definition) is 6. The van der Waals surface area contributed by atoms with Gasteiger partial charge in [-0.3, -0.25) is 4.79 Å². The van der Waals surface area contributed by atoms with Crippen LogP contribution in [0, 0.1) is 0 Å². The summed E-state index contributed by atoms with van der Waals surface area (Å²) in [4.78, 5) is 28.0. The van der Waals surface area contributed by atoms with E-state index in [1.807, 2.05) is 17.0 Å². The number of aromatic nitrogens is 2. The van der Waals surface area contributed by atoms with E-state index in [-0.39, 0.29) is 5.91 Å². The second-order valence-corrected chi connectivity index (χ2v) is 7.96. The lowest BCUT2D eigenvalue weighted by Crippen LogP contribution is -2.44. The monoisotopic (exact) mass is 394 g/mol. The van der Waals surface area contributed by atoms with E-state index in [1.54, 1.807) is 12.4 Å². The number of amides is 1. The minimum Gasteiger partial charge on any atom is -0.369 e. The first-order chi connectivity index (χ1) is 14.2. The predicted molar refractivity (Wildman–Crippen MR) is 116 cm³/mol. The van der Waals surface area contributed by atoms with E-state index in [4.69, 9.17) is 0 Å². The smallest absolute Gasteiger partial charge is 0.256 e. The van der Waals surface area contributed by atoms with Gasteiger partial charge in [-0.15, -0.1) is 0 Å². The highest BCUT2D eigenvalue weighted by Crippen LogP contribution is 2.21. The average molecular weight is 395 g/mol. The van der Waals surface area contributed by atoms with Crippen molar-refractivity contribution in [3.63, 3.8) is 0 Å². The lowest BCUT2D eigenvalue weighted by molar-refractivity contribution is 0.0761. The number of carbonyl (C=O) groups excluding carboxylic acids is 1. The van der Waals surface area contributed by atoms with Crippen LogP contribution < -0.4 is 10.2 Å². The van der Waals surface area contributed by atoms with Crippen LogP contribution in [0.1, 0.15) is 36.0 Å². The van der Waals surface area contributed by atoms with E-state index in [9.17, 15) is 4.79 Å². The quantitative estimate of drug-likeness (QED) is 0.860. The average Bonchev–Trinajstić information content (AvgIpc) is 3.05. The van der Waals surface area contributed by atoms with Crippen molar-refractivity contribution in [2.24, 2.45) is 0 Å².